The van der Waals surface area contributed by atoms with Gasteiger partial charge in [0.2, 0.25) is 5.91 Å². The standard InChI is InChI=1S/C16H20N2O2/c1-12(11-18-8-4-7-16(18)19)17-10-14-9-13-5-2-3-6-15(13)20-14/h2-3,5-6,9,12,17H,4,7-8,10-11H2,1H3. The zero-order chi connectivity index (χ0) is 13.9. The number of nitrogens with one attached hydrogen (secondary N) is 1. The Labute approximate surface area is 118 Å². The van der Waals surface area contributed by atoms with Crippen LogP contribution in [-0.4, -0.2) is 29.9 Å². The van der Waals surface area contributed by atoms with E-state index in [9.17, 15) is 4.79 Å². The van der Waals surface area contributed by atoms with Gasteiger partial charge in [0.15, 0.2) is 0 Å². The molecular formula is C16H20N2O2. The zero-order valence-electron chi connectivity index (χ0n) is 11.8. The molecule has 1 aromatic heterocycles. The number of carbonyl (C=O) groups is 1. The van der Waals surface area contributed by atoms with Crippen LogP contribution in [0.15, 0.2) is 34.7 Å². The molecule has 0 saturated carbocycles. The SMILES string of the molecule is CC(CN1CCCC1=O)NCc1cc2ccccc2o1. The molecule has 1 N–H and O–H groups in total. The van der Waals surface area contributed by atoms with E-state index in [1.54, 1.807) is 0 Å². The summed E-state index contributed by atoms with van der Waals surface area (Å²) in [4.78, 5) is 13.5. The van der Waals surface area contributed by atoms with Crippen molar-refractivity contribution < 1.29 is 9.21 Å². The van der Waals surface area contributed by atoms with Crippen molar-refractivity contribution in [3.05, 3.63) is 36.1 Å². The summed E-state index contributed by atoms with van der Waals surface area (Å²) in [6.45, 7) is 4.47. The molecule has 0 bridgehead atoms. The molecule has 20 heavy (non-hydrogen) atoms. The number of nitrogens with zero attached hydrogens (tertiary/aromatic N) is 1. The van der Waals surface area contributed by atoms with Crippen molar-refractivity contribution in [3.63, 3.8) is 0 Å². The van der Waals surface area contributed by atoms with Crippen molar-refractivity contribution >= 4 is 16.9 Å². The van der Waals surface area contributed by atoms with Gasteiger partial charge in [-0.15, -0.1) is 0 Å². The van der Waals surface area contributed by atoms with Crippen LogP contribution in [-0.2, 0) is 11.3 Å². The van der Waals surface area contributed by atoms with Crippen LogP contribution in [0.3, 0.4) is 0 Å². The van der Waals surface area contributed by atoms with Crippen LogP contribution >= 0.6 is 0 Å². The Morgan fingerprint density at radius 1 is 1.40 bits per heavy atom. The molecule has 0 spiro atoms. The summed E-state index contributed by atoms with van der Waals surface area (Å²) in [6.07, 6.45) is 1.70. The van der Waals surface area contributed by atoms with Gasteiger partial charge in [-0.1, -0.05) is 18.2 Å². The van der Waals surface area contributed by atoms with Gasteiger partial charge in [0.05, 0.1) is 6.54 Å². The first-order valence-electron chi connectivity index (χ1n) is 7.21. The Bertz CT molecular complexity index is 572. The number of likely N-dealkylation sites (tertiary alicyclic amines) is 1. The van der Waals surface area contributed by atoms with Crippen LogP contribution in [0.2, 0.25) is 0 Å². The van der Waals surface area contributed by atoms with Gasteiger partial charge in [0, 0.05) is 30.9 Å². The summed E-state index contributed by atoms with van der Waals surface area (Å²) < 4.78 is 5.77. The molecule has 0 aliphatic carbocycles. The van der Waals surface area contributed by atoms with Crippen molar-refractivity contribution in [2.75, 3.05) is 13.1 Å². The predicted octanol–water partition coefficient (Wildman–Crippen LogP) is 2.53. The Morgan fingerprint density at radius 3 is 3.00 bits per heavy atom. The molecular weight excluding hydrogens is 252 g/mol. The van der Waals surface area contributed by atoms with E-state index in [1.807, 2.05) is 23.1 Å². The third-order valence-corrected chi connectivity index (χ3v) is 3.77. The highest BCUT2D eigenvalue weighted by Gasteiger charge is 2.21. The molecule has 4 heteroatoms. The molecule has 1 saturated heterocycles. The first kappa shape index (κ1) is 13.2. The molecule has 4 nitrogen and oxygen atoms in total. The van der Waals surface area contributed by atoms with Crippen molar-refractivity contribution in [2.45, 2.75) is 32.4 Å². The maximum Gasteiger partial charge on any atom is 0.222 e. The van der Waals surface area contributed by atoms with Crippen molar-refractivity contribution in [1.29, 1.82) is 0 Å². The van der Waals surface area contributed by atoms with E-state index in [0.717, 1.165) is 36.2 Å². The third-order valence-electron chi connectivity index (χ3n) is 3.77. The second kappa shape index (κ2) is 5.67. The van der Waals surface area contributed by atoms with E-state index in [4.69, 9.17) is 4.42 Å². The number of benzene rings is 1. The quantitative estimate of drug-likeness (QED) is 0.909. The van der Waals surface area contributed by atoms with Crippen molar-refractivity contribution in [1.82, 2.24) is 10.2 Å². The second-order valence-corrected chi connectivity index (χ2v) is 5.48. The van der Waals surface area contributed by atoms with E-state index < -0.39 is 0 Å². The lowest BCUT2D eigenvalue weighted by atomic mass is 10.2. The minimum Gasteiger partial charge on any atom is -0.460 e. The smallest absolute Gasteiger partial charge is 0.222 e. The highest BCUT2D eigenvalue weighted by molar-refractivity contribution is 5.78. The molecule has 0 radical (unpaired) electrons. The number of rotatable bonds is 5. The normalized spacial score (nSPS) is 17.1. The minimum atomic E-state index is 0.269. The largest absolute Gasteiger partial charge is 0.460 e. The fraction of sp³-hybridized carbons (Fsp3) is 0.438. The molecule has 1 unspecified atom stereocenters. The lowest BCUT2D eigenvalue weighted by Gasteiger charge is -2.21. The third kappa shape index (κ3) is 2.85. The van der Waals surface area contributed by atoms with Crippen LogP contribution in [0.4, 0.5) is 0 Å². The van der Waals surface area contributed by atoms with E-state index in [2.05, 4.69) is 24.4 Å². The number of para-hydroxylation sites is 1. The molecule has 1 aromatic carbocycles. The maximum absolute atomic E-state index is 11.6. The number of carbonyl (C=O) groups excluding carboxylic acids is 1. The van der Waals surface area contributed by atoms with Crippen LogP contribution in [0, 0.1) is 0 Å². The van der Waals surface area contributed by atoms with Crippen molar-refractivity contribution in [3.8, 4) is 0 Å². The highest BCUT2D eigenvalue weighted by Crippen LogP contribution is 2.18. The summed E-state index contributed by atoms with van der Waals surface area (Å²) in [7, 11) is 0. The Kier molecular flexibility index (Phi) is 3.74. The molecule has 1 aliphatic rings. The Balaban J connectivity index is 1.54. The molecule has 1 fully saturated rings. The molecule has 1 amide bonds. The predicted molar refractivity (Wildman–Crippen MR) is 78.3 cm³/mol. The number of hydrogen-bond donors (Lipinski definition) is 1. The van der Waals surface area contributed by atoms with E-state index in [0.29, 0.717) is 13.0 Å². The molecule has 2 heterocycles. The fourth-order valence-electron chi connectivity index (χ4n) is 2.69. The van der Waals surface area contributed by atoms with Gasteiger partial charge in [-0.25, -0.2) is 0 Å². The van der Waals surface area contributed by atoms with Gasteiger partial charge < -0.3 is 14.6 Å². The van der Waals surface area contributed by atoms with Crippen LogP contribution in [0.1, 0.15) is 25.5 Å². The molecule has 3 rings (SSSR count). The minimum absolute atomic E-state index is 0.269. The summed E-state index contributed by atoms with van der Waals surface area (Å²) in [5.74, 6) is 1.22. The zero-order valence-corrected chi connectivity index (χ0v) is 11.8. The molecule has 2 aromatic rings. The lowest BCUT2D eigenvalue weighted by Crippen LogP contribution is -2.39. The Hall–Kier alpha value is -1.81. The molecule has 1 atom stereocenters. The average molecular weight is 272 g/mol. The molecule has 1 aliphatic heterocycles. The number of hydrogen-bond acceptors (Lipinski definition) is 3. The van der Waals surface area contributed by atoms with Gasteiger partial charge in [-0.3, -0.25) is 4.79 Å². The highest BCUT2D eigenvalue weighted by atomic mass is 16.3. The average Bonchev–Trinajstić information content (AvgIpc) is 3.03. The van der Waals surface area contributed by atoms with Gasteiger partial charge in [0.25, 0.3) is 0 Å². The van der Waals surface area contributed by atoms with E-state index >= 15 is 0 Å². The maximum atomic E-state index is 11.6. The van der Waals surface area contributed by atoms with Crippen LogP contribution in [0.5, 0.6) is 0 Å². The molecule has 106 valence electrons. The number of furan rings is 1. The van der Waals surface area contributed by atoms with Crippen LogP contribution < -0.4 is 5.32 Å². The monoisotopic (exact) mass is 272 g/mol. The van der Waals surface area contributed by atoms with Gasteiger partial charge >= 0.3 is 0 Å². The van der Waals surface area contributed by atoms with Crippen molar-refractivity contribution in [2.24, 2.45) is 0 Å². The summed E-state index contributed by atoms with van der Waals surface area (Å²) >= 11 is 0. The van der Waals surface area contributed by atoms with Gasteiger partial charge in [-0.05, 0) is 25.5 Å². The van der Waals surface area contributed by atoms with Gasteiger partial charge in [-0.2, -0.15) is 0 Å². The number of fused-ring (bicyclic) bond motifs is 1. The second-order valence-electron chi connectivity index (χ2n) is 5.48. The van der Waals surface area contributed by atoms with Gasteiger partial charge in [0.1, 0.15) is 11.3 Å². The Morgan fingerprint density at radius 2 is 2.25 bits per heavy atom. The first-order valence-corrected chi connectivity index (χ1v) is 7.21. The number of amides is 1. The van der Waals surface area contributed by atoms with Crippen LogP contribution in [0.25, 0.3) is 11.0 Å². The summed E-state index contributed by atoms with van der Waals surface area (Å²) in [5, 5.41) is 4.55. The summed E-state index contributed by atoms with van der Waals surface area (Å²) in [5.41, 5.74) is 0.923. The topological polar surface area (TPSA) is 45.5 Å². The van der Waals surface area contributed by atoms with E-state index in [1.165, 1.54) is 0 Å². The first-order chi connectivity index (χ1) is 9.72. The van der Waals surface area contributed by atoms with E-state index in [-0.39, 0.29) is 11.9 Å². The fourth-order valence-corrected chi connectivity index (χ4v) is 2.69. The summed E-state index contributed by atoms with van der Waals surface area (Å²) in [6, 6.07) is 10.3. The lowest BCUT2D eigenvalue weighted by molar-refractivity contribution is -0.127.